The summed E-state index contributed by atoms with van der Waals surface area (Å²) in [5.74, 6) is 0. The maximum atomic E-state index is 5.54. The van der Waals surface area contributed by atoms with Crippen LogP contribution in [0, 0.1) is 0 Å². The lowest BCUT2D eigenvalue weighted by Gasteiger charge is -2.27. The average Bonchev–Trinajstić information content (AvgIpc) is 2.39. The summed E-state index contributed by atoms with van der Waals surface area (Å²) in [6, 6.07) is 5.15. The zero-order valence-electron chi connectivity index (χ0n) is 11.8. The quantitative estimate of drug-likeness (QED) is 0.716. The Kier molecular flexibility index (Phi) is 6.35. The van der Waals surface area contributed by atoms with Crippen molar-refractivity contribution in [3.05, 3.63) is 30.1 Å². The molecule has 0 N–H and O–H groups in total. The molecule has 0 bridgehead atoms. The van der Waals surface area contributed by atoms with Crippen molar-refractivity contribution < 1.29 is 8.85 Å². The van der Waals surface area contributed by atoms with Gasteiger partial charge in [0, 0.05) is 43.2 Å². The first kappa shape index (κ1) is 15.7. The number of rotatable bonds is 7. The first-order valence-electron chi connectivity index (χ1n) is 6.16. The molecule has 0 spiro atoms. The highest BCUT2D eigenvalue weighted by Crippen LogP contribution is 2.34. The van der Waals surface area contributed by atoms with E-state index in [4.69, 9.17) is 8.85 Å². The van der Waals surface area contributed by atoms with Gasteiger partial charge in [0.2, 0.25) is 0 Å². The summed E-state index contributed by atoms with van der Waals surface area (Å²) in [5.41, 5.74) is 1.32. The molecular weight excluding hydrogens is 262 g/mol. The number of pyridine rings is 1. The van der Waals surface area contributed by atoms with Crippen molar-refractivity contribution in [1.29, 1.82) is 0 Å². The van der Waals surface area contributed by atoms with E-state index in [1.165, 1.54) is 5.56 Å². The Morgan fingerprint density at radius 3 is 2.28 bits per heavy atom. The second kappa shape index (κ2) is 7.28. The van der Waals surface area contributed by atoms with Crippen molar-refractivity contribution in [3.63, 3.8) is 0 Å². The van der Waals surface area contributed by atoms with Crippen LogP contribution < -0.4 is 0 Å². The summed E-state index contributed by atoms with van der Waals surface area (Å²) < 4.78 is 11.1. The van der Waals surface area contributed by atoms with Gasteiger partial charge in [0.1, 0.15) is 0 Å². The molecule has 0 radical (unpaired) electrons. The van der Waals surface area contributed by atoms with Gasteiger partial charge in [0.15, 0.2) is 0 Å². The molecule has 2 unspecified atom stereocenters. The normalized spacial score (nSPS) is 15.4. The third-order valence-corrected chi connectivity index (χ3v) is 7.82. The summed E-state index contributed by atoms with van der Waals surface area (Å²) in [4.78, 5) is 4.05. The third-order valence-electron chi connectivity index (χ3n) is 3.13. The molecule has 0 amide bonds. The lowest BCUT2D eigenvalue weighted by Crippen LogP contribution is -2.38. The van der Waals surface area contributed by atoms with Gasteiger partial charge in [-0.15, -0.1) is 0 Å². The van der Waals surface area contributed by atoms with Gasteiger partial charge in [-0.2, -0.15) is 11.8 Å². The monoisotopic (exact) mass is 285 g/mol. The van der Waals surface area contributed by atoms with E-state index >= 15 is 0 Å². The fourth-order valence-electron chi connectivity index (χ4n) is 1.88. The molecule has 0 aliphatic heterocycles. The second-order valence-corrected chi connectivity index (χ2v) is 9.89. The highest BCUT2D eigenvalue weighted by Gasteiger charge is 2.31. The Balaban J connectivity index is 2.52. The van der Waals surface area contributed by atoms with Gasteiger partial charge in [-0.05, 0) is 31.2 Å². The summed E-state index contributed by atoms with van der Waals surface area (Å²) in [6.07, 6.45) is 3.69. The number of thioether (sulfide) groups is 1. The van der Waals surface area contributed by atoms with E-state index in [1.54, 1.807) is 14.2 Å². The van der Waals surface area contributed by atoms with Gasteiger partial charge in [-0.3, -0.25) is 4.98 Å². The van der Waals surface area contributed by atoms with E-state index in [0.717, 1.165) is 6.04 Å². The van der Waals surface area contributed by atoms with Crippen molar-refractivity contribution in [2.24, 2.45) is 0 Å². The van der Waals surface area contributed by atoms with Crippen LogP contribution in [0.1, 0.15) is 24.7 Å². The van der Waals surface area contributed by atoms with Crippen molar-refractivity contribution >= 4 is 20.3 Å². The molecule has 0 aromatic carbocycles. The van der Waals surface area contributed by atoms with Crippen molar-refractivity contribution in [1.82, 2.24) is 4.98 Å². The minimum atomic E-state index is -1.96. The SMILES string of the molecule is CO[Si](C)(CC(C)SC(C)c1ccncc1)OC. The van der Waals surface area contributed by atoms with E-state index in [0.29, 0.717) is 10.5 Å². The summed E-state index contributed by atoms with van der Waals surface area (Å²) in [5, 5.41) is 0.986. The lowest BCUT2D eigenvalue weighted by atomic mass is 10.2. The highest BCUT2D eigenvalue weighted by atomic mass is 32.2. The predicted octanol–water partition coefficient (Wildman–Crippen LogP) is 3.63. The third kappa shape index (κ3) is 4.72. The summed E-state index contributed by atoms with van der Waals surface area (Å²) >= 11 is 1.96. The predicted molar refractivity (Wildman–Crippen MR) is 80.1 cm³/mol. The van der Waals surface area contributed by atoms with Crippen LogP contribution in [-0.4, -0.2) is 33.0 Å². The molecule has 3 nitrogen and oxygen atoms in total. The van der Waals surface area contributed by atoms with Crippen LogP contribution in [0.2, 0.25) is 12.6 Å². The Morgan fingerprint density at radius 1 is 1.22 bits per heavy atom. The maximum absolute atomic E-state index is 5.54. The molecule has 5 heteroatoms. The molecule has 1 heterocycles. The molecule has 0 aliphatic carbocycles. The topological polar surface area (TPSA) is 31.4 Å². The summed E-state index contributed by atoms with van der Waals surface area (Å²) in [7, 11) is 1.54. The van der Waals surface area contributed by atoms with E-state index < -0.39 is 8.56 Å². The smallest absolute Gasteiger partial charge is 0.335 e. The van der Waals surface area contributed by atoms with Crippen LogP contribution in [0.15, 0.2) is 24.5 Å². The van der Waals surface area contributed by atoms with Crippen LogP contribution in [-0.2, 0) is 8.85 Å². The number of nitrogens with zero attached hydrogens (tertiary/aromatic N) is 1. The fraction of sp³-hybridized carbons (Fsp3) is 0.615. The summed E-state index contributed by atoms with van der Waals surface area (Å²) in [6.45, 7) is 6.59. The molecule has 102 valence electrons. The Morgan fingerprint density at radius 2 is 1.78 bits per heavy atom. The molecule has 0 fully saturated rings. The number of hydrogen-bond donors (Lipinski definition) is 0. The van der Waals surface area contributed by atoms with Gasteiger partial charge in [-0.25, -0.2) is 0 Å². The number of hydrogen-bond acceptors (Lipinski definition) is 4. The van der Waals surface area contributed by atoms with Crippen LogP contribution in [0.5, 0.6) is 0 Å². The molecule has 0 saturated carbocycles. The standard InChI is InChI=1S/C13H23NO2SSi/c1-11(10-18(5,15-3)16-4)17-12(2)13-6-8-14-9-7-13/h6-9,11-12H,10H2,1-5H3. The van der Waals surface area contributed by atoms with Gasteiger partial charge in [0.05, 0.1) is 0 Å². The Bertz CT molecular complexity index is 346. The molecule has 1 rings (SSSR count). The average molecular weight is 285 g/mol. The largest absolute Gasteiger partial charge is 0.398 e. The molecule has 0 aliphatic rings. The highest BCUT2D eigenvalue weighted by molar-refractivity contribution is 8.00. The Labute approximate surface area is 116 Å². The van der Waals surface area contributed by atoms with Crippen molar-refractivity contribution in [3.8, 4) is 0 Å². The van der Waals surface area contributed by atoms with Crippen LogP contribution in [0.4, 0.5) is 0 Å². The molecule has 0 saturated heterocycles. The van der Waals surface area contributed by atoms with Gasteiger partial charge >= 0.3 is 8.56 Å². The van der Waals surface area contributed by atoms with Gasteiger partial charge < -0.3 is 8.85 Å². The van der Waals surface area contributed by atoms with E-state index in [9.17, 15) is 0 Å². The molecular formula is C13H23NO2SSi. The van der Waals surface area contributed by atoms with Crippen molar-refractivity contribution in [2.45, 2.75) is 36.9 Å². The fourth-order valence-corrected chi connectivity index (χ4v) is 5.73. The van der Waals surface area contributed by atoms with E-state index in [2.05, 4.69) is 37.5 Å². The van der Waals surface area contributed by atoms with E-state index in [1.807, 2.05) is 24.2 Å². The minimum Gasteiger partial charge on any atom is -0.398 e. The molecule has 18 heavy (non-hydrogen) atoms. The van der Waals surface area contributed by atoms with Crippen LogP contribution >= 0.6 is 11.8 Å². The Hall–Kier alpha value is -0.363. The van der Waals surface area contributed by atoms with Crippen LogP contribution in [0.3, 0.4) is 0 Å². The zero-order chi connectivity index (χ0) is 13.6. The molecule has 2 atom stereocenters. The maximum Gasteiger partial charge on any atom is 0.335 e. The van der Waals surface area contributed by atoms with Gasteiger partial charge in [0.25, 0.3) is 0 Å². The lowest BCUT2D eigenvalue weighted by molar-refractivity contribution is 0.249. The van der Waals surface area contributed by atoms with Crippen LogP contribution in [0.25, 0.3) is 0 Å². The first-order chi connectivity index (χ1) is 8.50. The van der Waals surface area contributed by atoms with Crippen molar-refractivity contribution in [2.75, 3.05) is 14.2 Å². The van der Waals surface area contributed by atoms with E-state index in [-0.39, 0.29) is 0 Å². The zero-order valence-corrected chi connectivity index (χ0v) is 13.7. The first-order valence-corrected chi connectivity index (χ1v) is 9.63. The minimum absolute atomic E-state index is 0.468. The molecule has 1 aromatic rings. The molecule has 1 aromatic heterocycles. The second-order valence-electron chi connectivity index (χ2n) is 4.62. The number of aromatic nitrogens is 1. The van der Waals surface area contributed by atoms with Gasteiger partial charge in [-0.1, -0.05) is 6.92 Å².